The molecular weight excluding hydrogens is 312 g/mol. The molecule has 1 aromatic heterocycles. The molecule has 0 aliphatic heterocycles. The van der Waals surface area contributed by atoms with Crippen molar-refractivity contribution in [2.24, 2.45) is 11.7 Å². The van der Waals surface area contributed by atoms with E-state index in [1.54, 1.807) is 11.3 Å². The predicted molar refractivity (Wildman–Crippen MR) is 73.9 cm³/mol. The highest BCUT2D eigenvalue weighted by Gasteiger charge is 2.16. The molecule has 3 nitrogen and oxygen atoms in total. The monoisotopic (exact) mass is 326 g/mol. The van der Waals surface area contributed by atoms with Gasteiger partial charge < -0.3 is 11.1 Å². The molecule has 1 amide bonds. The summed E-state index contributed by atoms with van der Waals surface area (Å²) in [5, 5.41) is 4.82. The van der Waals surface area contributed by atoms with E-state index in [1.807, 2.05) is 25.3 Å². The molecule has 16 heavy (non-hydrogen) atoms. The highest BCUT2D eigenvalue weighted by Crippen LogP contribution is 2.20. The van der Waals surface area contributed by atoms with E-state index in [2.05, 4.69) is 21.2 Å². The van der Waals surface area contributed by atoms with Crippen LogP contribution < -0.4 is 11.1 Å². The molecule has 0 aliphatic rings. The van der Waals surface area contributed by atoms with Crippen LogP contribution in [0.1, 0.15) is 19.4 Å². The number of nitrogens with one attached hydrogen (secondary N) is 1. The number of thiophene rings is 1. The van der Waals surface area contributed by atoms with Gasteiger partial charge in [-0.15, -0.1) is 23.7 Å². The van der Waals surface area contributed by atoms with Crippen LogP contribution in [0.2, 0.25) is 0 Å². The predicted octanol–water partition coefficient (Wildman–Crippen LogP) is 2.53. The fraction of sp³-hybridized carbons (Fsp3) is 0.500. The number of hydrogen-bond donors (Lipinski definition) is 2. The molecule has 0 bridgehead atoms. The Morgan fingerprint density at radius 1 is 1.62 bits per heavy atom. The minimum Gasteiger partial charge on any atom is -0.351 e. The first kappa shape index (κ1) is 15.9. The zero-order valence-corrected chi connectivity index (χ0v) is 12.4. The summed E-state index contributed by atoms with van der Waals surface area (Å²) >= 11 is 4.98. The van der Waals surface area contributed by atoms with Crippen molar-refractivity contribution in [3.8, 4) is 0 Å². The SMILES string of the molecule is CC(C)[C@@H](N)C(=O)NCc1csc(Br)c1.Cl. The molecule has 0 saturated carbocycles. The third kappa shape index (κ3) is 4.82. The van der Waals surface area contributed by atoms with Crippen LogP contribution in [-0.2, 0) is 11.3 Å². The molecule has 1 rings (SSSR count). The highest BCUT2D eigenvalue weighted by molar-refractivity contribution is 9.11. The van der Waals surface area contributed by atoms with Crippen molar-refractivity contribution in [2.45, 2.75) is 26.4 Å². The van der Waals surface area contributed by atoms with Gasteiger partial charge in [0, 0.05) is 6.54 Å². The molecule has 1 aromatic rings. The summed E-state index contributed by atoms with van der Waals surface area (Å²) in [6.07, 6.45) is 0. The van der Waals surface area contributed by atoms with Crippen LogP contribution in [0.4, 0.5) is 0 Å². The lowest BCUT2D eigenvalue weighted by Crippen LogP contribution is -2.43. The smallest absolute Gasteiger partial charge is 0.237 e. The van der Waals surface area contributed by atoms with E-state index >= 15 is 0 Å². The van der Waals surface area contributed by atoms with E-state index in [1.165, 1.54) is 0 Å². The quantitative estimate of drug-likeness (QED) is 0.893. The van der Waals surface area contributed by atoms with Crippen LogP contribution >= 0.6 is 39.7 Å². The van der Waals surface area contributed by atoms with Gasteiger partial charge in [-0.05, 0) is 38.9 Å². The average molecular weight is 328 g/mol. The van der Waals surface area contributed by atoms with E-state index in [-0.39, 0.29) is 24.2 Å². The fourth-order valence-corrected chi connectivity index (χ4v) is 2.26. The number of hydrogen-bond acceptors (Lipinski definition) is 3. The second-order valence-electron chi connectivity index (χ2n) is 3.75. The molecule has 0 radical (unpaired) electrons. The van der Waals surface area contributed by atoms with Gasteiger partial charge in [0.05, 0.1) is 9.83 Å². The minimum atomic E-state index is -0.424. The van der Waals surface area contributed by atoms with Crippen molar-refractivity contribution in [1.82, 2.24) is 5.32 Å². The Balaban J connectivity index is 0.00000225. The maximum atomic E-state index is 11.5. The molecule has 0 saturated heterocycles. The summed E-state index contributed by atoms with van der Waals surface area (Å²) in [6.45, 7) is 4.41. The van der Waals surface area contributed by atoms with Crippen LogP contribution in [0.25, 0.3) is 0 Å². The van der Waals surface area contributed by atoms with Crippen molar-refractivity contribution in [1.29, 1.82) is 0 Å². The number of rotatable bonds is 4. The second-order valence-corrected chi connectivity index (χ2v) is 6.04. The number of amides is 1. The van der Waals surface area contributed by atoms with Gasteiger partial charge in [0.15, 0.2) is 0 Å². The first-order valence-corrected chi connectivity index (χ1v) is 6.44. The number of carbonyl (C=O) groups excluding carboxylic acids is 1. The van der Waals surface area contributed by atoms with Gasteiger partial charge in [0.25, 0.3) is 0 Å². The van der Waals surface area contributed by atoms with Crippen LogP contribution in [0, 0.1) is 5.92 Å². The van der Waals surface area contributed by atoms with Gasteiger partial charge in [0.2, 0.25) is 5.91 Å². The van der Waals surface area contributed by atoms with E-state index in [0.29, 0.717) is 6.54 Å². The molecule has 0 aromatic carbocycles. The van der Waals surface area contributed by atoms with Gasteiger partial charge in [-0.1, -0.05) is 13.8 Å². The molecule has 0 aliphatic carbocycles. The summed E-state index contributed by atoms with van der Waals surface area (Å²) in [5.74, 6) is 0.0755. The van der Waals surface area contributed by atoms with Crippen LogP contribution in [0.3, 0.4) is 0 Å². The maximum Gasteiger partial charge on any atom is 0.237 e. The van der Waals surface area contributed by atoms with E-state index in [4.69, 9.17) is 5.73 Å². The van der Waals surface area contributed by atoms with Crippen molar-refractivity contribution in [2.75, 3.05) is 0 Å². The van der Waals surface area contributed by atoms with Crippen molar-refractivity contribution in [3.05, 3.63) is 20.8 Å². The molecule has 3 N–H and O–H groups in total. The molecule has 0 spiro atoms. The minimum absolute atomic E-state index is 0. The zero-order chi connectivity index (χ0) is 11.4. The second kappa shape index (κ2) is 7.27. The Morgan fingerprint density at radius 3 is 2.69 bits per heavy atom. The van der Waals surface area contributed by atoms with Crippen LogP contribution in [0.5, 0.6) is 0 Å². The first-order valence-electron chi connectivity index (χ1n) is 4.77. The average Bonchev–Trinajstić information content (AvgIpc) is 2.59. The van der Waals surface area contributed by atoms with E-state index in [9.17, 15) is 4.79 Å². The largest absolute Gasteiger partial charge is 0.351 e. The summed E-state index contributed by atoms with van der Waals surface area (Å²) in [4.78, 5) is 11.5. The summed E-state index contributed by atoms with van der Waals surface area (Å²) in [5.41, 5.74) is 6.80. The van der Waals surface area contributed by atoms with Crippen molar-refractivity contribution in [3.63, 3.8) is 0 Å². The van der Waals surface area contributed by atoms with Crippen molar-refractivity contribution < 1.29 is 4.79 Å². The molecule has 6 heteroatoms. The molecule has 0 fully saturated rings. The fourth-order valence-electron chi connectivity index (χ4n) is 1.05. The summed E-state index contributed by atoms with van der Waals surface area (Å²) in [7, 11) is 0. The summed E-state index contributed by atoms with van der Waals surface area (Å²) in [6, 6.07) is 1.57. The Bertz CT molecular complexity index is 343. The topological polar surface area (TPSA) is 55.1 Å². The molecule has 1 heterocycles. The molecule has 92 valence electrons. The maximum absolute atomic E-state index is 11.5. The summed E-state index contributed by atoms with van der Waals surface area (Å²) < 4.78 is 1.07. The Kier molecular flexibility index (Phi) is 7.22. The molecular formula is C10H16BrClN2OS. The highest BCUT2D eigenvalue weighted by atomic mass is 79.9. The molecule has 1 atom stereocenters. The Morgan fingerprint density at radius 2 is 2.25 bits per heavy atom. The Labute approximate surface area is 114 Å². The Hall–Kier alpha value is -0.100. The lowest BCUT2D eigenvalue weighted by atomic mass is 10.1. The van der Waals surface area contributed by atoms with E-state index in [0.717, 1.165) is 9.35 Å². The van der Waals surface area contributed by atoms with Gasteiger partial charge >= 0.3 is 0 Å². The van der Waals surface area contributed by atoms with Crippen molar-refractivity contribution >= 4 is 45.6 Å². The number of nitrogens with two attached hydrogens (primary N) is 1. The third-order valence-corrected chi connectivity index (χ3v) is 3.66. The van der Waals surface area contributed by atoms with E-state index < -0.39 is 6.04 Å². The van der Waals surface area contributed by atoms with Gasteiger partial charge in [-0.3, -0.25) is 4.79 Å². The number of halogens is 2. The lowest BCUT2D eigenvalue weighted by molar-refractivity contribution is -0.123. The zero-order valence-electron chi connectivity index (χ0n) is 9.20. The third-order valence-electron chi connectivity index (χ3n) is 2.11. The van der Waals surface area contributed by atoms with Gasteiger partial charge in [-0.25, -0.2) is 0 Å². The standard InChI is InChI=1S/C10H15BrN2OS.ClH/c1-6(2)9(12)10(14)13-4-7-3-8(11)15-5-7;/h3,5-6,9H,4,12H2,1-2H3,(H,13,14);1H/t9-;/m1./s1. The normalized spacial score (nSPS) is 12.1. The van der Waals surface area contributed by atoms with Gasteiger partial charge in [-0.2, -0.15) is 0 Å². The lowest BCUT2D eigenvalue weighted by Gasteiger charge is -2.14. The van der Waals surface area contributed by atoms with Gasteiger partial charge in [0.1, 0.15) is 0 Å². The van der Waals surface area contributed by atoms with Crippen LogP contribution in [-0.4, -0.2) is 11.9 Å². The molecule has 0 unspecified atom stereocenters. The first-order chi connectivity index (χ1) is 7.00. The van der Waals surface area contributed by atoms with Crippen LogP contribution in [0.15, 0.2) is 15.2 Å². The number of carbonyl (C=O) groups is 1.